The zero-order chi connectivity index (χ0) is 13.3. The molecule has 0 aliphatic heterocycles. The van der Waals surface area contributed by atoms with Crippen LogP contribution in [0.5, 0.6) is 0 Å². The van der Waals surface area contributed by atoms with Crippen molar-refractivity contribution in [2.24, 2.45) is 0 Å². The number of nitrogens with two attached hydrogens (primary N) is 1. The van der Waals surface area contributed by atoms with Crippen LogP contribution in [-0.4, -0.2) is 22.1 Å². The van der Waals surface area contributed by atoms with Gasteiger partial charge in [-0.2, -0.15) is 0 Å². The maximum Gasteiger partial charge on any atom is 0.326 e. The molecule has 5 nitrogen and oxygen atoms in total. The summed E-state index contributed by atoms with van der Waals surface area (Å²) in [4.78, 5) is 15.6. The molecular weight excluding hydrogens is 277 g/mol. The molecule has 0 saturated carbocycles. The van der Waals surface area contributed by atoms with Gasteiger partial charge in [0.2, 0.25) is 5.95 Å². The Bertz CT molecular complexity index is 610. The maximum absolute atomic E-state index is 11.5. The van der Waals surface area contributed by atoms with Gasteiger partial charge in [-0.15, -0.1) is 0 Å². The van der Waals surface area contributed by atoms with Crippen LogP contribution in [0.3, 0.4) is 0 Å². The predicted molar refractivity (Wildman–Crippen MR) is 70.8 cm³/mol. The molecule has 7 heteroatoms. The molecule has 2 rings (SSSR count). The monoisotopic (exact) mass is 287 g/mol. The fraction of sp³-hybridized carbons (Fsp3) is 0.273. The smallest absolute Gasteiger partial charge is 0.326 e. The molecule has 0 fully saturated rings. The lowest BCUT2D eigenvalue weighted by atomic mass is 10.3. The van der Waals surface area contributed by atoms with Crippen LogP contribution in [0.2, 0.25) is 10.0 Å². The number of ether oxygens (including phenoxy) is 1. The van der Waals surface area contributed by atoms with E-state index >= 15 is 0 Å². The molecule has 2 N–H and O–H groups in total. The van der Waals surface area contributed by atoms with Crippen LogP contribution in [0.1, 0.15) is 6.92 Å². The number of carbonyl (C=O) groups excluding carboxylic acids is 1. The van der Waals surface area contributed by atoms with Gasteiger partial charge < -0.3 is 10.5 Å². The Morgan fingerprint density at radius 1 is 1.44 bits per heavy atom. The summed E-state index contributed by atoms with van der Waals surface area (Å²) in [5, 5.41) is 0.777. The number of halogens is 2. The number of anilines is 1. The first-order chi connectivity index (χ1) is 8.52. The molecule has 2 aromatic rings. The third-order valence-corrected chi connectivity index (χ3v) is 3.13. The van der Waals surface area contributed by atoms with Gasteiger partial charge in [-0.3, -0.25) is 9.36 Å². The Morgan fingerprint density at radius 2 is 2.11 bits per heavy atom. The van der Waals surface area contributed by atoms with Crippen LogP contribution in [-0.2, 0) is 16.1 Å². The summed E-state index contributed by atoms with van der Waals surface area (Å²) in [6, 6.07) is 3.24. The molecule has 96 valence electrons. The van der Waals surface area contributed by atoms with E-state index < -0.39 is 0 Å². The molecule has 0 radical (unpaired) electrons. The van der Waals surface area contributed by atoms with E-state index in [9.17, 15) is 4.79 Å². The number of carbonyl (C=O) groups is 1. The van der Waals surface area contributed by atoms with Crippen LogP contribution in [0, 0.1) is 0 Å². The first kappa shape index (κ1) is 13.0. The summed E-state index contributed by atoms with van der Waals surface area (Å²) in [6.45, 7) is 2.05. The average molecular weight is 288 g/mol. The van der Waals surface area contributed by atoms with Crippen LogP contribution in [0.25, 0.3) is 11.0 Å². The number of nitrogens with zero attached hydrogens (tertiary/aromatic N) is 2. The summed E-state index contributed by atoms with van der Waals surface area (Å²) in [7, 11) is 0. The number of fused-ring (bicyclic) bond motifs is 1. The first-order valence-electron chi connectivity index (χ1n) is 5.29. The minimum absolute atomic E-state index is 0.00582. The SMILES string of the molecule is CCOC(=O)Cn1c(N)nc2cc(Cl)c(Cl)cc21. The standard InChI is InChI=1S/C11H11Cl2N3O2/c1-2-18-10(17)5-16-9-4-7(13)6(12)3-8(9)15-11(16)14/h3-4H,2,5H2,1H3,(H2,14,15). The minimum atomic E-state index is -0.380. The second kappa shape index (κ2) is 5.04. The van der Waals surface area contributed by atoms with Crippen molar-refractivity contribution in [1.29, 1.82) is 0 Å². The van der Waals surface area contributed by atoms with Crippen molar-refractivity contribution in [3.05, 3.63) is 22.2 Å². The van der Waals surface area contributed by atoms with Crippen molar-refractivity contribution in [3.63, 3.8) is 0 Å². The second-order valence-corrected chi connectivity index (χ2v) is 4.43. The van der Waals surface area contributed by atoms with Crippen molar-refractivity contribution in [1.82, 2.24) is 9.55 Å². The van der Waals surface area contributed by atoms with E-state index in [2.05, 4.69) is 4.98 Å². The largest absolute Gasteiger partial charge is 0.465 e. The summed E-state index contributed by atoms with van der Waals surface area (Å²) in [5.74, 6) is -0.161. The molecule has 0 saturated heterocycles. The van der Waals surface area contributed by atoms with Crippen molar-refractivity contribution in [2.45, 2.75) is 13.5 Å². The highest BCUT2D eigenvalue weighted by Crippen LogP contribution is 2.28. The molecule has 0 amide bonds. The van der Waals surface area contributed by atoms with Gasteiger partial charge in [-0.05, 0) is 19.1 Å². The third kappa shape index (κ3) is 2.37. The van der Waals surface area contributed by atoms with Crippen LogP contribution in [0.4, 0.5) is 5.95 Å². The number of benzene rings is 1. The van der Waals surface area contributed by atoms with Gasteiger partial charge in [0.1, 0.15) is 6.54 Å². The van der Waals surface area contributed by atoms with E-state index in [4.69, 9.17) is 33.7 Å². The first-order valence-corrected chi connectivity index (χ1v) is 6.05. The lowest BCUT2D eigenvalue weighted by Crippen LogP contribution is -2.15. The minimum Gasteiger partial charge on any atom is -0.465 e. The van der Waals surface area contributed by atoms with Gasteiger partial charge in [0, 0.05) is 0 Å². The highest BCUT2D eigenvalue weighted by Gasteiger charge is 2.14. The Kier molecular flexibility index (Phi) is 3.63. The summed E-state index contributed by atoms with van der Waals surface area (Å²) < 4.78 is 6.41. The van der Waals surface area contributed by atoms with E-state index in [1.165, 1.54) is 4.57 Å². The Morgan fingerprint density at radius 3 is 2.78 bits per heavy atom. The van der Waals surface area contributed by atoms with Gasteiger partial charge >= 0.3 is 5.97 Å². The maximum atomic E-state index is 11.5. The van der Waals surface area contributed by atoms with Crippen molar-refractivity contribution >= 4 is 46.2 Å². The highest BCUT2D eigenvalue weighted by atomic mass is 35.5. The lowest BCUT2D eigenvalue weighted by molar-refractivity contribution is -0.143. The Labute approximate surface area is 113 Å². The number of hydrogen-bond donors (Lipinski definition) is 1. The van der Waals surface area contributed by atoms with Crippen LogP contribution in [0.15, 0.2) is 12.1 Å². The van der Waals surface area contributed by atoms with Crippen LogP contribution < -0.4 is 5.73 Å². The van der Waals surface area contributed by atoms with Gasteiger partial charge in [0.15, 0.2) is 0 Å². The van der Waals surface area contributed by atoms with Crippen molar-refractivity contribution < 1.29 is 9.53 Å². The zero-order valence-corrected chi connectivity index (χ0v) is 11.1. The Hall–Kier alpha value is -1.46. The number of rotatable bonds is 3. The topological polar surface area (TPSA) is 70.1 Å². The van der Waals surface area contributed by atoms with E-state index in [0.29, 0.717) is 27.7 Å². The van der Waals surface area contributed by atoms with Gasteiger partial charge in [-0.25, -0.2) is 4.98 Å². The van der Waals surface area contributed by atoms with Gasteiger partial charge in [-0.1, -0.05) is 23.2 Å². The molecule has 0 spiro atoms. The van der Waals surface area contributed by atoms with E-state index in [1.807, 2.05) is 0 Å². The molecule has 1 aromatic carbocycles. The quantitative estimate of drug-likeness (QED) is 0.881. The molecule has 0 atom stereocenters. The third-order valence-electron chi connectivity index (χ3n) is 2.41. The molecule has 0 unspecified atom stereocenters. The molecule has 1 heterocycles. The van der Waals surface area contributed by atoms with Crippen molar-refractivity contribution in [3.8, 4) is 0 Å². The van der Waals surface area contributed by atoms with Crippen LogP contribution >= 0.6 is 23.2 Å². The van der Waals surface area contributed by atoms with Gasteiger partial charge in [0.05, 0.1) is 27.7 Å². The number of aromatic nitrogens is 2. The van der Waals surface area contributed by atoms with Gasteiger partial charge in [0.25, 0.3) is 0 Å². The number of imidazole rings is 1. The fourth-order valence-corrected chi connectivity index (χ4v) is 1.96. The highest BCUT2D eigenvalue weighted by molar-refractivity contribution is 6.42. The summed E-state index contributed by atoms with van der Waals surface area (Å²) in [5.41, 5.74) is 6.99. The molecule has 18 heavy (non-hydrogen) atoms. The number of esters is 1. The van der Waals surface area contributed by atoms with E-state index in [1.54, 1.807) is 19.1 Å². The zero-order valence-electron chi connectivity index (χ0n) is 9.61. The second-order valence-electron chi connectivity index (χ2n) is 3.62. The Balaban J connectivity index is 2.46. The van der Waals surface area contributed by atoms with E-state index in [0.717, 1.165) is 0 Å². The normalized spacial score (nSPS) is 10.8. The molecule has 1 aromatic heterocycles. The predicted octanol–water partition coefficient (Wildman–Crippen LogP) is 2.49. The fourth-order valence-electron chi connectivity index (χ4n) is 1.64. The molecule has 0 bridgehead atoms. The lowest BCUT2D eigenvalue weighted by Gasteiger charge is -2.06. The molecule has 0 aliphatic rings. The van der Waals surface area contributed by atoms with Crippen molar-refractivity contribution in [2.75, 3.05) is 12.3 Å². The number of hydrogen-bond acceptors (Lipinski definition) is 4. The molecular formula is C11H11Cl2N3O2. The number of nitrogen functional groups attached to an aromatic ring is 1. The average Bonchev–Trinajstić information content (AvgIpc) is 2.57. The summed E-state index contributed by atoms with van der Waals surface area (Å²) in [6.07, 6.45) is 0. The summed E-state index contributed by atoms with van der Waals surface area (Å²) >= 11 is 11.8. The molecule has 0 aliphatic carbocycles. The van der Waals surface area contributed by atoms with E-state index in [-0.39, 0.29) is 18.5 Å².